The zero-order chi connectivity index (χ0) is 17.1. The normalized spacial score (nSPS) is 13.5. The predicted octanol–water partition coefficient (Wildman–Crippen LogP) is 4.53. The molecule has 1 aliphatic rings. The molecule has 120 valence electrons. The monoisotopic (exact) mass is 346 g/mol. The molecular formula is C20H11ClN2O2. The maximum absolute atomic E-state index is 12.5. The van der Waals surface area contributed by atoms with Crippen molar-refractivity contribution in [1.82, 2.24) is 10.3 Å². The minimum atomic E-state index is -0.387. The number of carbonyl (C=O) groups is 2. The zero-order valence-corrected chi connectivity index (χ0v) is 13.6. The van der Waals surface area contributed by atoms with Crippen LogP contribution in [0.4, 0.5) is 0 Å². The highest BCUT2D eigenvalue weighted by Crippen LogP contribution is 2.40. The molecule has 2 heterocycles. The lowest BCUT2D eigenvalue weighted by atomic mass is 9.93. The number of nitrogens with one attached hydrogen (secondary N) is 2. The molecule has 0 saturated heterocycles. The van der Waals surface area contributed by atoms with Crippen LogP contribution in [0.1, 0.15) is 20.7 Å². The molecule has 5 heteroatoms. The Hall–Kier alpha value is -3.11. The number of hydrogen-bond donors (Lipinski definition) is 2. The molecule has 0 fully saturated rings. The lowest BCUT2D eigenvalue weighted by Gasteiger charge is -2.09. The van der Waals surface area contributed by atoms with Gasteiger partial charge in [-0.3, -0.25) is 14.9 Å². The molecule has 4 aromatic rings. The van der Waals surface area contributed by atoms with Crippen molar-refractivity contribution in [2.75, 3.05) is 0 Å². The Kier molecular flexibility index (Phi) is 2.82. The van der Waals surface area contributed by atoms with Crippen LogP contribution in [0, 0.1) is 0 Å². The Bertz CT molecular complexity index is 1220. The van der Waals surface area contributed by atoms with Crippen LogP contribution in [0.15, 0.2) is 54.6 Å². The van der Waals surface area contributed by atoms with Gasteiger partial charge in [-0.1, -0.05) is 48.0 Å². The molecule has 5 rings (SSSR count). The van der Waals surface area contributed by atoms with Crippen molar-refractivity contribution >= 4 is 45.2 Å². The van der Waals surface area contributed by atoms with Crippen molar-refractivity contribution in [1.29, 1.82) is 0 Å². The molecule has 1 aliphatic heterocycles. The van der Waals surface area contributed by atoms with Crippen molar-refractivity contribution < 1.29 is 9.59 Å². The van der Waals surface area contributed by atoms with Gasteiger partial charge >= 0.3 is 0 Å². The maximum Gasteiger partial charge on any atom is 0.259 e. The number of imide groups is 1. The summed E-state index contributed by atoms with van der Waals surface area (Å²) >= 11 is 6.35. The first-order valence-electron chi connectivity index (χ1n) is 7.83. The van der Waals surface area contributed by atoms with Gasteiger partial charge in [0.25, 0.3) is 11.8 Å². The third kappa shape index (κ3) is 1.88. The standard InChI is InChI=1S/C20H11ClN2O2/c21-13-7-3-1-5-10(13)12-9-15-16(11-6-2-4-8-14(11)22-15)18-17(12)19(24)23-20(18)25/h1-9,22H,(H,23,24,25). The van der Waals surface area contributed by atoms with Crippen LogP contribution < -0.4 is 5.32 Å². The Morgan fingerprint density at radius 2 is 1.48 bits per heavy atom. The number of aromatic nitrogens is 1. The minimum Gasteiger partial charge on any atom is -0.354 e. The van der Waals surface area contributed by atoms with Crippen LogP contribution in [0.2, 0.25) is 5.02 Å². The van der Waals surface area contributed by atoms with Gasteiger partial charge in [0.05, 0.1) is 11.1 Å². The third-order valence-electron chi connectivity index (χ3n) is 4.64. The summed E-state index contributed by atoms with van der Waals surface area (Å²) in [6.07, 6.45) is 0. The number of amides is 2. The molecule has 0 spiro atoms. The lowest BCUT2D eigenvalue weighted by Crippen LogP contribution is -2.20. The van der Waals surface area contributed by atoms with Gasteiger partial charge in [0, 0.05) is 32.4 Å². The molecule has 2 N–H and O–H groups in total. The SMILES string of the molecule is O=C1NC(=O)c2c1c(-c1ccccc1Cl)cc1[nH]c3ccccc3c21. The van der Waals surface area contributed by atoms with E-state index >= 15 is 0 Å². The smallest absolute Gasteiger partial charge is 0.259 e. The van der Waals surface area contributed by atoms with Crippen LogP contribution in [0.25, 0.3) is 32.9 Å². The van der Waals surface area contributed by atoms with Gasteiger partial charge in [0.15, 0.2) is 0 Å². The van der Waals surface area contributed by atoms with Crippen LogP contribution in [0.3, 0.4) is 0 Å². The molecule has 0 radical (unpaired) electrons. The van der Waals surface area contributed by atoms with E-state index in [1.807, 2.05) is 48.5 Å². The number of fused-ring (bicyclic) bond motifs is 5. The first-order chi connectivity index (χ1) is 12.1. The number of benzene rings is 3. The van der Waals surface area contributed by atoms with Gasteiger partial charge < -0.3 is 4.98 Å². The summed E-state index contributed by atoms with van der Waals surface area (Å²) in [6, 6.07) is 16.9. The minimum absolute atomic E-state index is 0.372. The molecule has 0 aliphatic carbocycles. The largest absolute Gasteiger partial charge is 0.354 e. The van der Waals surface area contributed by atoms with Crippen LogP contribution in [-0.4, -0.2) is 16.8 Å². The summed E-state index contributed by atoms with van der Waals surface area (Å²) in [4.78, 5) is 28.4. The number of para-hydroxylation sites is 1. The highest BCUT2D eigenvalue weighted by Gasteiger charge is 2.33. The lowest BCUT2D eigenvalue weighted by molar-refractivity contribution is 0.0880. The van der Waals surface area contributed by atoms with Crippen molar-refractivity contribution in [3.8, 4) is 11.1 Å². The van der Waals surface area contributed by atoms with Crippen LogP contribution >= 0.6 is 11.6 Å². The highest BCUT2D eigenvalue weighted by molar-refractivity contribution is 6.36. The van der Waals surface area contributed by atoms with E-state index in [0.29, 0.717) is 21.7 Å². The van der Waals surface area contributed by atoms with E-state index in [1.54, 1.807) is 6.07 Å². The van der Waals surface area contributed by atoms with E-state index in [1.165, 1.54) is 0 Å². The topological polar surface area (TPSA) is 62.0 Å². The average molecular weight is 347 g/mol. The fourth-order valence-electron chi connectivity index (χ4n) is 3.60. The Labute approximate surface area is 147 Å². The molecule has 25 heavy (non-hydrogen) atoms. The molecule has 0 saturated carbocycles. The summed E-state index contributed by atoms with van der Waals surface area (Å²) in [7, 11) is 0. The van der Waals surface area contributed by atoms with Crippen molar-refractivity contribution in [2.45, 2.75) is 0 Å². The fraction of sp³-hybridized carbons (Fsp3) is 0. The van der Waals surface area contributed by atoms with Gasteiger partial charge in [-0.15, -0.1) is 0 Å². The number of aromatic amines is 1. The third-order valence-corrected chi connectivity index (χ3v) is 4.97. The van der Waals surface area contributed by atoms with Crippen LogP contribution in [-0.2, 0) is 0 Å². The summed E-state index contributed by atoms with van der Waals surface area (Å²) in [5, 5.41) is 4.65. The first kappa shape index (κ1) is 14.3. The predicted molar refractivity (Wildman–Crippen MR) is 98.0 cm³/mol. The van der Waals surface area contributed by atoms with E-state index in [9.17, 15) is 9.59 Å². The number of H-pyrrole nitrogens is 1. The molecule has 0 atom stereocenters. The Morgan fingerprint density at radius 1 is 0.760 bits per heavy atom. The van der Waals surface area contributed by atoms with E-state index < -0.39 is 0 Å². The molecule has 2 amide bonds. The molecule has 1 aromatic heterocycles. The second-order valence-electron chi connectivity index (χ2n) is 6.03. The van der Waals surface area contributed by atoms with Crippen LogP contribution in [0.5, 0.6) is 0 Å². The number of rotatable bonds is 1. The molecule has 4 nitrogen and oxygen atoms in total. The molecular weight excluding hydrogens is 336 g/mol. The Balaban J connectivity index is 2.00. The summed E-state index contributed by atoms with van der Waals surface area (Å²) in [5.74, 6) is -0.759. The first-order valence-corrected chi connectivity index (χ1v) is 8.21. The van der Waals surface area contributed by atoms with Crippen molar-refractivity contribution in [3.05, 3.63) is 70.7 Å². The van der Waals surface area contributed by atoms with Gasteiger partial charge in [0.2, 0.25) is 0 Å². The van der Waals surface area contributed by atoms with Gasteiger partial charge in [0.1, 0.15) is 0 Å². The van der Waals surface area contributed by atoms with Gasteiger partial charge in [-0.05, 0) is 23.8 Å². The summed E-state index contributed by atoms with van der Waals surface area (Å²) in [5.41, 5.74) is 3.90. The summed E-state index contributed by atoms with van der Waals surface area (Å²) < 4.78 is 0. The number of halogens is 1. The summed E-state index contributed by atoms with van der Waals surface area (Å²) in [6.45, 7) is 0. The van der Waals surface area contributed by atoms with E-state index in [-0.39, 0.29) is 11.8 Å². The number of carbonyl (C=O) groups excluding carboxylic acids is 2. The molecule has 0 bridgehead atoms. The van der Waals surface area contributed by atoms with Gasteiger partial charge in [-0.2, -0.15) is 0 Å². The molecule has 3 aromatic carbocycles. The second-order valence-corrected chi connectivity index (χ2v) is 6.44. The van der Waals surface area contributed by atoms with E-state index in [2.05, 4.69) is 10.3 Å². The zero-order valence-electron chi connectivity index (χ0n) is 12.9. The van der Waals surface area contributed by atoms with Gasteiger partial charge in [-0.25, -0.2) is 0 Å². The molecule has 0 unspecified atom stereocenters. The quantitative estimate of drug-likeness (QED) is 0.497. The number of hydrogen-bond acceptors (Lipinski definition) is 2. The van der Waals surface area contributed by atoms with Crippen molar-refractivity contribution in [2.24, 2.45) is 0 Å². The second kappa shape index (κ2) is 4.94. The average Bonchev–Trinajstić information content (AvgIpc) is 3.12. The highest BCUT2D eigenvalue weighted by atomic mass is 35.5. The maximum atomic E-state index is 12.5. The van der Waals surface area contributed by atoms with E-state index in [4.69, 9.17) is 11.6 Å². The van der Waals surface area contributed by atoms with E-state index in [0.717, 1.165) is 27.4 Å². The fourth-order valence-corrected chi connectivity index (χ4v) is 3.84. The van der Waals surface area contributed by atoms with Crippen molar-refractivity contribution in [3.63, 3.8) is 0 Å². The Morgan fingerprint density at radius 3 is 2.32 bits per heavy atom.